The first kappa shape index (κ1) is 27.4. The summed E-state index contributed by atoms with van der Waals surface area (Å²) < 4.78 is 36.0. The molecule has 0 saturated heterocycles. The molecule has 0 aliphatic carbocycles. The Morgan fingerprint density at radius 3 is 2.73 bits per heavy atom. The smallest absolute Gasteiger partial charge is 0.407 e. The average Bonchev–Trinajstić information content (AvgIpc) is 3.37. The number of hydrogen-bond donors (Lipinski definition) is 5. The van der Waals surface area contributed by atoms with Gasteiger partial charge in [-0.05, 0) is 12.5 Å². The molecule has 3 rings (SSSR count). The predicted molar refractivity (Wildman–Crippen MR) is 129 cm³/mol. The lowest BCUT2D eigenvalue weighted by Gasteiger charge is -2.16. The highest BCUT2D eigenvalue weighted by atomic mass is 19.1. The minimum Gasteiger partial charge on any atom is -0.480 e. The van der Waals surface area contributed by atoms with Crippen molar-refractivity contribution in [1.29, 1.82) is 0 Å². The van der Waals surface area contributed by atoms with Crippen molar-refractivity contribution >= 4 is 34.8 Å². The van der Waals surface area contributed by atoms with Gasteiger partial charge in [0.1, 0.15) is 17.4 Å². The SMILES string of the molecule is CCCCOC(=O)NC(CNC(=O)c1cn(C)c2c(F)c(CNC3=NCCN3)c(F)cc2c1=O)C(=O)O. The number of nitrogens with one attached hydrogen (secondary N) is 4. The minimum atomic E-state index is -1.54. The van der Waals surface area contributed by atoms with E-state index < -0.39 is 53.2 Å². The number of nitrogens with zero attached hydrogens (tertiary/aromatic N) is 2. The number of carboxylic acids is 1. The minimum absolute atomic E-state index is 0.102. The molecule has 1 aromatic heterocycles. The Hall–Kier alpha value is -4.23. The Labute approximate surface area is 210 Å². The summed E-state index contributed by atoms with van der Waals surface area (Å²) in [7, 11) is 1.38. The van der Waals surface area contributed by atoms with Gasteiger partial charge in [-0.1, -0.05) is 13.3 Å². The Balaban J connectivity index is 1.79. The zero-order chi connectivity index (χ0) is 27.1. The second kappa shape index (κ2) is 12.1. The van der Waals surface area contributed by atoms with E-state index in [1.807, 2.05) is 6.92 Å². The number of ether oxygens (including phenoxy) is 1. The first-order chi connectivity index (χ1) is 17.6. The van der Waals surface area contributed by atoms with Gasteiger partial charge in [0.25, 0.3) is 5.91 Å². The number of carboxylic acid groups (broad SMARTS) is 1. The number of carbonyl (C=O) groups is 3. The summed E-state index contributed by atoms with van der Waals surface area (Å²) >= 11 is 0. The topological polar surface area (TPSA) is 163 Å². The van der Waals surface area contributed by atoms with E-state index in [2.05, 4.69) is 26.3 Å². The molecule has 1 aliphatic rings. The van der Waals surface area contributed by atoms with Gasteiger partial charge >= 0.3 is 12.1 Å². The molecule has 200 valence electrons. The van der Waals surface area contributed by atoms with E-state index in [0.717, 1.165) is 18.7 Å². The second-order valence-corrected chi connectivity index (χ2v) is 8.28. The van der Waals surface area contributed by atoms with Gasteiger partial charge in [-0.3, -0.25) is 14.6 Å². The first-order valence-corrected chi connectivity index (χ1v) is 11.6. The Bertz CT molecular complexity index is 1290. The van der Waals surface area contributed by atoms with Crippen LogP contribution in [0.25, 0.3) is 10.9 Å². The van der Waals surface area contributed by atoms with Crippen molar-refractivity contribution in [2.75, 3.05) is 26.2 Å². The first-order valence-electron chi connectivity index (χ1n) is 11.6. The zero-order valence-electron chi connectivity index (χ0n) is 20.3. The summed E-state index contributed by atoms with van der Waals surface area (Å²) in [4.78, 5) is 53.0. The molecule has 0 radical (unpaired) electrons. The van der Waals surface area contributed by atoms with E-state index in [0.29, 0.717) is 25.5 Å². The number of pyridine rings is 1. The van der Waals surface area contributed by atoms with Gasteiger partial charge < -0.3 is 35.7 Å². The molecule has 2 heterocycles. The molecule has 14 heteroatoms. The summed E-state index contributed by atoms with van der Waals surface area (Å²) in [5.41, 5.74) is -1.92. The second-order valence-electron chi connectivity index (χ2n) is 8.28. The molecule has 0 fully saturated rings. The molecule has 1 atom stereocenters. The summed E-state index contributed by atoms with van der Waals surface area (Å²) in [5.74, 6) is -3.97. The third-order valence-corrected chi connectivity index (χ3v) is 5.59. The van der Waals surface area contributed by atoms with Crippen LogP contribution in [0.5, 0.6) is 0 Å². The van der Waals surface area contributed by atoms with Crippen molar-refractivity contribution in [2.24, 2.45) is 12.0 Å². The number of aliphatic imine (C=N–C) groups is 1. The lowest BCUT2D eigenvalue weighted by atomic mass is 10.1. The van der Waals surface area contributed by atoms with Crippen LogP contribution in [0.3, 0.4) is 0 Å². The van der Waals surface area contributed by atoms with Crippen LogP contribution < -0.4 is 26.7 Å². The number of carbonyl (C=O) groups excluding carboxylic acids is 2. The molecule has 2 aromatic rings. The number of fused-ring (bicyclic) bond motifs is 1. The van der Waals surface area contributed by atoms with Crippen LogP contribution in [0.4, 0.5) is 13.6 Å². The number of aliphatic carboxylic acids is 1. The van der Waals surface area contributed by atoms with Gasteiger partial charge in [-0.15, -0.1) is 0 Å². The summed E-state index contributed by atoms with van der Waals surface area (Å²) in [6, 6.07) is -0.682. The molecular formula is C23H28F2N6O6. The number of benzene rings is 1. The number of rotatable bonds is 10. The van der Waals surface area contributed by atoms with E-state index >= 15 is 4.39 Å². The summed E-state index contributed by atoms with van der Waals surface area (Å²) in [6.07, 6.45) is 1.47. The van der Waals surface area contributed by atoms with Gasteiger partial charge in [0, 0.05) is 38.4 Å². The third kappa shape index (κ3) is 6.51. The van der Waals surface area contributed by atoms with E-state index in [9.17, 15) is 28.7 Å². The number of aromatic nitrogens is 1. The number of halogens is 2. The van der Waals surface area contributed by atoms with E-state index in [1.165, 1.54) is 11.6 Å². The lowest BCUT2D eigenvalue weighted by molar-refractivity contribution is -0.139. The maximum absolute atomic E-state index is 15.2. The van der Waals surface area contributed by atoms with Crippen LogP contribution in [0.1, 0.15) is 35.7 Å². The molecule has 0 spiro atoms. The average molecular weight is 523 g/mol. The molecule has 5 N–H and O–H groups in total. The van der Waals surface area contributed by atoms with Crippen LogP contribution in [0, 0.1) is 11.6 Å². The highest BCUT2D eigenvalue weighted by Gasteiger charge is 2.25. The normalized spacial score (nSPS) is 13.5. The number of alkyl carbamates (subject to hydrolysis) is 1. The number of hydrogen-bond acceptors (Lipinski definition) is 8. The Kier molecular flexibility index (Phi) is 8.98. The van der Waals surface area contributed by atoms with Gasteiger partial charge in [-0.25, -0.2) is 18.4 Å². The zero-order valence-corrected chi connectivity index (χ0v) is 20.3. The van der Waals surface area contributed by atoms with Gasteiger partial charge in [-0.2, -0.15) is 0 Å². The van der Waals surface area contributed by atoms with Crippen LogP contribution in [-0.4, -0.2) is 65.9 Å². The molecule has 37 heavy (non-hydrogen) atoms. The van der Waals surface area contributed by atoms with Crippen molar-refractivity contribution in [3.05, 3.63) is 45.2 Å². The van der Waals surface area contributed by atoms with Gasteiger partial charge in [0.05, 0.1) is 24.1 Å². The lowest BCUT2D eigenvalue weighted by Crippen LogP contribution is -2.49. The third-order valence-electron chi connectivity index (χ3n) is 5.59. The fraction of sp³-hybridized carbons (Fsp3) is 0.435. The number of unbranched alkanes of at least 4 members (excludes halogenated alkanes) is 1. The number of guanidine groups is 1. The van der Waals surface area contributed by atoms with E-state index in [-0.39, 0.29) is 29.6 Å². The fourth-order valence-electron chi connectivity index (χ4n) is 3.62. The van der Waals surface area contributed by atoms with Crippen LogP contribution in [0.15, 0.2) is 22.1 Å². The van der Waals surface area contributed by atoms with E-state index in [4.69, 9.17) is 4.74 Å². The maximum Gasteiger partial charge on any atom is 0.407 e. The molecule has 1 aromatic carbocycles. The Morgan fingerprint density at radius 2 is 2.08 bits per heavy atom. The van der Waals surface area contributed by atoms with Crippen molar-refractivity contribution in [3.63, 3.8) is 0 Å². The quantitative estimate of drug-likeness (QED) is 0.283. The highest BCUT2D eigenvalue weighted by Crippen LogP contribution is 2.22. The van der Waals surface area contributed by atoms with Gasteiger partial charge in [0.15, 0.2) is 11.8 Å². The van der Waals surface area contributed by atoms with Gasteiger partial charge in [0.2, 0.25) is 5.43 Å². The predicted octanol–water partition coefficient (Wildman–Crippen LogP) is 0.575. The summed E-state index contributed by atoms with van der Waals surface area (Å²) in [5, 5.41) is 19.0. The molecule has 0 saturated carbocycles. The summed E-state index contributed by atoms with van der Waals surface area (Å²) in [6.45, 7) is 2.35. The largest absolute Gasteiger partial charge is 0.480 e. The monoisotopic (exact) mass is 522 g/mol. The van der Waals surface area contributed by atoms with Crippen molar-refractivity contribution in [3.8, 4) is 0 Å². The van der Waals surface area contributed by atoms with Crippen LogP contribution >= 0.6 is 0 Å². The molecule has 1 unspecified atom stereocenters. The van der Waals surface area contributed by atoms with Crippen molar-refractivity contribution in [2.45, 2.75) is 32.4 Å². The maximum atomic E-state index is 15.2. The molecule has 2 amide bonds. The highest BCUT2D eigenvalue weighted by molar-refractivity contribution is 5.98. The standard InChI is InChI=1S/C23H28F2N6O6/c1-3-4-7-37-23(36)30-16(21(34)35)10-28-20(33)14-11-31(2)18-12(19(14)32)8-15(24)13(17(18)25)9-29-22-26-5-6-27-22/h8,11,16H,3-7,9-10H2,1-2H3,(H,28,33)(H,30,36)(H,34,35)(H2,26,27,29). The van der Waals surface area contributed by atoms with Crippen LogP contribution in [-0.2, 0) is 23.1 Å². The van der Waals surface area contributed by atoms with Crippen molar-refractivity contribution in [1.82, 2.24) is 25.8 Å². The fourth-order valence-corrected chi connectivity index (χ4v) is 3.62. The number of aryl methyl sites for hydroxylation is 1. The molecule has 0 bridgehead atoms. The van der Waals surface area contributed by atoms with Crippen molar-refractivity contribution < 1.29 is 33.0 Å². The number of amides is 2. The molecular weight excluding hydrogens is 494 g/mol. The Morgan fingerprint density at radius 1 is 1.32 bits per heavy atom. The van der Waals surface area contributed by atoms with E-state index in [1.54, 1.807) is 0 Å². The molecule has 12 nitrogen and oxygen atoms in total. The molecule has 1 aliphatic heterocycles. The van der Waals surface area contributed by atoms with Crippen LogP contribution in [0.2, 0.25) is 0 Å².